The van der Waals surface area contributed by atoms with Gasteiger partial charge in [0.05, 0.1) is 18.3 Å². The van der Waals surface area contributed by atoms with Crippen molar-refractivity contribution < 1.29 is 4.74 Å². The van der Waals surface area contributed by atoms with Gasteiger partial charge in [0.15, 0.2) is 0 Å². The fraction of sp³-hybridized carbons (Fsp3) is 0.167. The molecule has 86 valence electrons. The molecule has 0 amide bonds. The Morgan fingerprint density at radius 1 is 1.41 bits per heavy atom. The molecule has 0 aromatic carbocycles. The highest BCUT2D eigenvalue weighted by atomic mass is 32.1. The minimum Gasteiger partial charge on any atom is -0.481 e. The normalized spacial score (nSPS) is 11.2. The molecule has 4 nitrogen and oxygen atoms in total. The van der Waals surface area contributed by atoms with Gasteiger partial charge in [0.1, 0.15) is 4.70 Å². The Hall–Kier alpha value is -1.88. The van der Waals surface area contributed by atoms with Crippen LogP contribution in [0.3, 0.4) is 0 Å². The molecular weight excluding hydrogens is 236 g/mol. The van der Waals surface area contributed by atoms with Gasteiger partial charge >= 0.3 is 0 Å². The van der Waals surface area contributed by atoms with Crippen molar-refractivity contribution in [1.29, 1.82) is 0 Å². The van der Waals surface area contributed by atoms with Gasteiger partial charge in [-0.3, -0.25) is 4.79 Å². The zero-order valence-corrected chi connectivity index (χ0v) is 10.2. The van der Waals surface area contributed by atoms with Crippen molar-refractivity contribution >= 4 is 32.3 Å². The number of thiophene rings is 1. The third kappa shape index (κ3) is 1.43. The largest absolute Gasteiger partial charge is 0.481 e. The number of methoxy groups -OCH3 is 1. The van der Waals surface area contributed by atoms with E-state index in [0.29, 0.717) is 5.88 Å². The summed E-state index contributed by atoms with van der Waals surface area (Å²) in [5, 5.41) is 3.85. The van der Waals surface area contributed by atoms with Crippen LogP contribution in [0.2, 0.25) is 0 Å². The second-order valence-electron chi connectivity index (χ2n) is 3.79. The van der Waals surface area contributed by atoms with E-state index in [4.69, 9.17) is 4.74 Å². The van der Waals surface area contributed by atoms with Crippen LogP contribution in [-0.4, -0.2) is 17.1 Å². The third-order valence-corrected chi connectivity index (χ3v) is 3.70. The zero-order valence-electron chi connectivity index (χ0n) is 9.40. The standard InChI is InChI=1S/C12H10N2O2S/c1-6-10-8(5-9(13-6)16-2)7-3-4-17-11(7)12(15)14-10/h3-5H,1-2H3,(H,14,15). The van der Waals surface area contributed by atoms with Gasteiger partial charge < -0.3 is 9.72 Å². The first-order valence-electron chi connectivity index (χ1n) is 5.15. The monoisotopic (exact) mass is 246 g/mol. The van der Waals surface area contributed by atoms with Crippen LogP contribution >= 0.6 is 11.3 Å². The van der Waals surface area contributed by atoms with Crippen LogP contribution in [0.15, 0.2) is 22.3 Å². The smallest absolute Gasteiger partial charge is 0.266 e. The Bertz CT molecular complexity index is 773. The Kier molecular flexibility index (Phi) is 2.16. The van der Waals surface area contributed by atoms with Gasteiger partial charge in [-0.25, -0.2) is 4.98 Å². The summed E-state index contributed by atoms with van der Waals surface area (Å²) in [5.74, 6) is 0.564. The van der Waals surface area contributed by atoms with E-state index in [-0.39, 0.29) is 5.56 Å². The molecule has 0 unspecified atom stereocenters. The highest BCUT2D eigenvalue weighted by Crippen LogP contribution is 2.28. The van der Waals surface area contributed by atoms with Crippen LogP contribution in [0.1, 0.15) is 5.69 Å². The van der Waals surface area contributed by atoms with Gasteiger partial charge in [-0.05, 0) is 18.4 Å². The lowest BCUT2D eigenvalue weighted by atomic mass is 10.1. The minimum absolute atomic E-state index is 0.0578. The van der Waals surface area contributed by atoms with Crippen LogP contribution in [0, 0.1) is 6.92 Å². The molecule has 0 aliphatic heterocycles. The van der Waals surface area contributed by atoms with Gasteiger partial charge in [-0.2, -0.15) is 0 Å². The molecule has 3 aromatic heterocycles. The van der Waals surface area contributed by atoms with Crippen molar-refractivity contribution in [3.05, 3.63) is 33.6 Å². The number of fused-ring (bicyclic) bond motifs is 3. The van der Waals surface area contributed by atoms with E-state index in [9.17, 15) is 4.79 Å². The second kappa shape index (κ2) is 3.56. The molecule has 0 bridgehead atoms. The second-order valence-corrected chi connectivity index (χ2v) is 4.71. The number of rotatable bonds is 1. The summed E-state index contributed by atoms with van der Waals surface area (Å²) in [6, 6.07) is 3.81. The SMILES string of the molecule is COc1cc2c([nH]c(=O)c3sccc32)c(C)n1. The first-order valence-corrected chi connectivity index (χ1v) is 6.03. The number of nitrogens with one attached hydrogen (secondary N) is 1. The van der Waals surface area contributed by atoms with E-state index >= 15 is 0 Å². The molecule has 3 heterocycles. The summed E-state index contributed by atoms with van der Waals surface area (Å²) in [6.07, 6.45) is 0. The maximum absolute atomic E-state index is 11.9. The number of aromatic amines is 1. The van der Waals surface area contributed by atoms with Crippen molar-refractivity contribution in [2.75, 3.05) is 7.11 Å². The number of nitrogens with zero attached hydrogens (tertiary/aromatic N) is 1. The Morgan fingerprint density at radius 3 is 3.00 bits per heavy atom. The van der Waals surface area contributed by atoms with Crippen LogP contribution in [-0.2, 0) is 0 Å². The summed E-state index contributed by atoms with van der Waals surface area (Å²) in [4.78, 5) is 19.0. The lowest BCUT2D eigenvalue weighted by molar-refractivity contribution is 0.398. The van der Waals surface area contributed by atoms with Gasteiger partial charge in [0.25, 0.3) is 5.56 Å². The first-order chi connectivity index (χ1) is 8.20. The Balaban J connectivity index is 2.60. The molecular formula is C12H10N2O2S. The van der Waals surface area contributed by atoms with Gasteiger partial charge in [0.2, 0.25) is 5.88 Å². The van der Waals surface area contributed by atoms with E-state index in [2.05, 4.69) is 9.97 Å². The van der Waals surface area contributed by atoms with Crippen molar-refractivity contribution in [2.45, 2.75) is 6.92 Å². The fourth-order valence-electron chi connectivity index (χ4n) is 1.99. The molecule has 0 saturated heterocycles. The lowest BCUT2D eigenvalue weighted by Crippen LogP contribution is -2.06. The van der Waals surface area contributed by atoms with Gasteiger partial charge in [-0.1, -0.05) is 0 Å². The molecule has 0 radical (unpaired) electrons. The van der Waals surface area contributed by atoms with E-state index in [1.807, 2.05) is 24.4 Å². The molecule has 3 aromatic rings. The third-order valence-electron chi connectivity index (χ3n) is 2.79. The van der Waals surface area contributed by atoms with E-state index < -0.39 is 0 Å². The Morgan fingerprint density at radius 2 is 2.24 bits per heavy atom. The van der Waals surface area contributed by atoms with E-state index in [1.165, 1.54) is 11.3 Å². The number of ether oxygens (including phenoxy) is 1. The first kappa shape index (κ1) is 10.3. The maximum atomic E-state index is 11.9. The lowest BCUT2D eigenvalue weighted by Gasteiger charge is -2.05. The summed E-state index contributed by atoms with van der Waals surface area (Å²) >= 11 is 1.44. The summed E-state index contributed by atoms with van der Waals surface area (Å²) < 4.78 is 5.90. The zero-order chi connectivity index (χ0) is 12.0. The molecule has 0 aliphatic carbocycles. The molecule has 17 heavy (non-hydrogen) atoms. The number of aromatic nitrogens is 2. The predicted octanol–water partition coefficient (Wildman–Crippen LogP) is 2.45. The van der Waals surface area contributed by atoms with Crippen LogP contribution in [0.25, 0.3) is 21.0 Å². The van der Waals surface area contributed by atoms with E-state index in [1.54, 1.807) is 7.11 Å². The van der Waals surface area contributed by atoms with Crippen LogP contribution < -0.4 is 10.3 Å². The molecule has 0 spiro atoms. The van der Waals surface area contributed by atoms with Crippen molar-refractivity contribution in [1.82, 2.24) is 9.97 Å². The molecule has 0 fully saturated rings. The summed E-state index contributed by atoms with van der Waals surface area (Å²) in [7, 11) is 1.59. The topological polar surface area (TPSA) is 55.0 Å². The van der Waals surface area contributed by atoms with Gasteiger partial charge in [-0.15, -0.1) is 11.3 Å². The van der Waals surface area contributed by atoms with Crippen LogP contribution in [0.5, 0.6) is 5.88 Å². The number of H-pyrrole nitrogens is 1. The Labute approximate surface area is 101 Å². The molecule has 0 saturated carbocycles. The summed E-state index contributed by atoms with van der Waals surface area (Å²) in [5.41, 5.74) is 1.49. The fourth-order valence-corrected chi connectivity index (χ4v) is 2.79. The summed E-state index contributed by atoms with van der Waals surface area (Å²) in [6.45, 7) is 1.86. The number of hydrogen-bond acceptors (Lipinski definition) is 4. The molecule has 3 rings (SSSR count). The van der Waals surface area contributed by atoms with Crippen LogP contribution in [0.4, 0.5) is 0 Å². The maximum Gasteiger partial charge on any atom is 0.266 e. The van der Waals surface area contributed by atoms with E-state index in [0.717, 1.165) is 26.7 Å². The highest BCUT2D eigenvalue weighted by molar-refractivity contribution is 7.17. The molecule has 0 atom stereocenters. The van der Waals surface area contributed by atoms with Crippen molar-refractivity contribution in [3.63, 3.8) is 0 Å². The average molecular weight is 246 g/mol. The molecule has 0 aliphatic rings. The van der Waals surface area contributed by atoms with Crippen molar-refractivity contribution in [2.24, 2.45) is 0 Å². The predicted molar refractivity (Wildman–Crippen MR) is 69.0 cm³/mol. The number of hydrogen-bond donors (Lipinski definition) is 1. The number of pyridine rings is 2. The molecule has 1 N–H and O–H groups in total. The number of aryl methyl sites for hydroxylation is 1. The molecule has 5 heteroatoms. The van der Waals surface area contributed by atoms with Gasteiger partial charge in [0, 0.05) is 16.8 Å². The van der Waals surface area contributed by atoms with Crippen molar-refractivity contribution in [3.8, 4) is 5.88 Å². The highest BCUT2D eigenvalue weighted by Gasteiger charge is 2.10. The minimum atomic E-state index is -0.0578. The quantitative estimate of drug-likeness (QED) is 0.717. The average Bonchev–Trinajstić information content (AvgIpc) is 2.80.